The number of primary amides is 1. The Morgan fingerprint density at radius 2 is 1.74 bits per heavy atom. The summed E-state index contributed by atoms with van der Waals surface area (Å²) in [6.45, 7) is 8.67. The lowest BCUT2D eigenvalue weighted by Gasteiger charge is -2.30. The van der Waals surface area contributed by atoms with Crippen LogP contribution in [-0.2, 0) is 28.6 Å². The van der Waals surface area contributed by atoms with Crippen molar-refractivity contribution < 1.29 is 26.9 Å². The Morgan fingerprint density at radius 3 is 2.09 bits per heavy atom. The molecule has 0 aliphatic heterocycles. The lowest BCUT2D eigenvalue weighted by molar-refractivity contribution is -0.147. The van der Waals surface area contributed by atoms with E-state index in [2.05, 4.69) is 10.8 Å². The van der Waals surface area contributed by atoms with E-state index >= 15 is 0 Å². The quantitative estimate of drug-likeness (QED) is 0.473. The number of hydrogen-bond acceptors (Lipinski definition) is 6. The van der Waals surface area contributed by atoms with Gasteiger partial charge in [-0.05, 0) is 19.3 Å². The number of esters is 1. The number of rotatable bonds is 10. The van der Waals surface area contributed by atoms with E-state index < -0.39 is 39.2 Å². The molecule has 0 aromatic heterocycles. The molecule has 2 N–H and O–H groups in total. The van der Waals surface area contributed by atoms with Crippen molar-refractivity contribution >= 4 is 22.0 Å². The van der Waals surface area contributed by atoms with Crippen molar-refractivity contribution in [1.82, 2.24) is 0 Å². The zero-order valence-corrected chi connectivity index (χ0v) is 15.2. The van der Waals surface area contributed by atoms with Crippen LogP contribution in [0.5, 0.6) is 0 Å². The van der Waals surface area contributed by atoms with Crippen LogP contribution in [0.1, 0.15) is 40.0 Å². The van der Waals surface area contributed by atoms with Gasteiger partial charge in [0.25, 0.3) is 10.1 Å². The molecule has 0 spiro atoms. The third-order valence-corrected chi connectivity index (χ3v) is 5.63. The van der Waals surface area contributed by atoms with Crippen LogP contribution in [0, 0.1) is 17.3 Å². The summed E-state index contributed by atoms with van der Waals surface area (Å²) in [5, 5.41) is 0. The van der Waals surface area contributed by atoms with Gasteiger partial charge in [0.05, 0.1) is 25.0 Å². The van der Waals surface area contributed by atoms with E-state index in [1.807, 2.05) is 0 Å². The Balaban J connectivity index is 5.42. The Morgan fingerprint density at radius 1 is 1.22 bits per heavy atom. The number of allylic oxidation sites excluding steroid dienone is 1. The molecule has 0 radical (unpaired) electrons. The predicted molar refractivity (Wildman–Crippen MR) is 86.6 cm³/mol. The fraction of sp³-hybridized carbons (Fsp3) is 0.733. The average molecular weight is 349 g/mol. The highest BCUT2D eigenvalue weighted by Gasteiger charge is 2.37. The summed E-state index contributed by atoms with van der Waals surface area (Å²) in [4.78, 5) is 23.3. The van der Waals surface area contributed by atoms with Crippen LogP contribution in [0.3, 0.4) is 0 Å². The monoisotopic (exact) mass is 349 g/mol. The summed E-state index contributed by atoms with van der Waals surface area (Å²) in [5.74, 6) is -2.17. The smallest absolute Gasteiger partial charge is 0.308 e. The van der Waals surface area contributed by atoms with Gasteiger partial charge >= 0.3 is 5.97 Å². The minimum atomic E-state index is -3.92. The zero-order chi connectivity index (χ0) is 18.4. The van der Waals surface area contributed by atoms with Gasteiger partial charge in [0.15, 0.2) is 0 Å². The summed E-state index contributed by atoms with van der Waals surface area (Å²) in [7, 11) is -1.63. The van der Waals surface area contributed by atoms with E-state index in [0.717, 1.165) is 7.11 Å². The molecule has 0 bridgehead atoms. The molecule has 8 heteroatoms. The van der Waals surface area contributed by atoms with E-state index in [0.29, 0.717) is 6.42 Å². The van der Waals surface area contributed by atoms with E-state index in [-0.39, 0.29) is 17.7 Å². The van der Waals surface area contributed by atoms with E-state index in [1.54, 1.807) is 20.8 Å². The molecule has 2 unspecified atom stereocenters. The molecule has 0 aliphatic rings. The van der Waals surface area contributed by atoms with Crippen molar-refractivity contribution in [3.63, 3.8) is 0 Å². The minimum absolute atomic E-state index is 0.131. The van der Waals surface area contributed by atoms with Gasteiger partial charge in [0.1, 0.15) is 0 Å². The second-order valence-electron chi connectivity index (χ2n) is 6.10. The lowest BCUT2D eigenvalue weighted by Crippen LogP contribution is -2.32. The number of methoxy groups -OCH3 is 1. The van der Waals surface area contributed by atoms with Crippen LogP contribution in [0.25, 0.3) is 0 Å². The van der Waals surface area contributed by atoms with E-state index in [4.69, 9.17) is 10.5 Å². The molecule has 0 heterocycles. The van der Waals surface area contributed by atoms with Gasteiger partial charge in [-0.1, -0.05) is 27.4 Å². The molecular weight excluding hydrogens is 322 g/mol. The van der Waals surface area contributed by atoms with Crippen LogP contribution in [0.2, 0.25) is 0 Å². The maximum Gasteiger partial charge on any atom is 0.308 e. The summed E-state index contributed by atoms with van der Waals surface area (Å²) >= 11 is 0. The van der Waals surface area contributed by atoms with Gasteiger partial charge in [-0.25, -0.2) is 0 Å². The molecule has 0 fully saturated rings. The van der Waals surface area contributed by atoms with Gasteiger partial charge < -0.3 is 10.5 Å². The Labute approximate surface area is 138 Å². The van der Waals surface area contributed by atoms with Crippen molar-refractivity contribution in [2.75, 3.05) is 14.2 Å². The second-order valence-corrected chi connectivity index (χ2v) is 7.83. The first kappa shape index (κ1) is 21.6. The Kier molecular flexibility index (Phi) is 7.93. The fourth-order valence-electron chi connectivity index (χ4n) is 2.43. The summed E-state index contributed by atoms with van der Waals surface area (Å²) in [5.41, 5.74) is 4.39. The van der Waals surface area contributed by atoms with E-state index in [9.17, 15) is 18.0 Å². The molecule has 0 rings (SSSR count). The van der Waals surface area contributed by atoms with Crippen LogP contribution in [-0.4, -0.2) is 34.5 Å². The number of carbonyl (C=O) groups is 2. The second kappa shape index (κ2) is 8.44. The average Bonchev–Trinajstić information content (AvgIpc) is 2.48. The number of nitrogens with two attached hydrogens (primary N) is 1. The first-order chi connectivity index (χ1) is 10.4. The molecule has 0 saturated carbocycles. The van der Waals surface area contributed by atoms with Gasteiger partial charge in [0.2, 0.25) is 5.91 Å². The van der Waals surface area contributed by atoms with Gasteiger partial charge in [0, 0.05) is 11.3 Å². The molecule has 1 amide bonds. The molecular formula is C15H27NO6S. The highest BCUT2D eigenvalue weighted by molar-refractivity contribution is 7.90. The molecule has 23 heavy (non-hydrogen) atoms. The molecule has 0 aromatic rings. The van der Waals surface area contributed by atoms with Gasteiger partial charge in [-0.3, -0.25) is 13.8 Å². The first-order valence-corrected chi connectivity index (χ1v) is 8.70. The molecule has 2 atom stereocenters. The predicted octanol–water partition coefficient (Wildman–Crippen LogP) is 1.58. The molecule has 0 aromatic carbocycles. The highest BCUT2D eigenvalue weighted by Crippen LogP contribution is 2.38. The third-order valence-electron chi connectivity index (χ3n) is 4.03. The molecule has 7 nitrogen and oxygen atoms in total. The first-order valence-electron chi connectivity index (χ1n) is 7.30. The number of ether oxygens (including phenoxy) is 1. The van der Waals surface area contributed by atoms with Crippen LogP contribution in [0.4, 0.5) is 0 Å². The number of amides is 1. The molecule has 0 aliphatic carbocycles. The largest absolute Gasteiger partial charge is 0.469 e. The summed E-state index contributed by atoms with van der Waals surface area (Å²) in [6.07, 6.45) is 0.827. The van der Waals surface area contributed by atoms with Crippen LogP contribution >= 0.6 is 0 Å². The van der Waals surface area contributed by atoms with Crippen LogP contribution in [0.15, 0.2) is 11.5 Å². The van der Waals surface area contributed by atoms with Crippen molar-refractivity contribution in [1.29, 1.82) is 0 Å². The van der Waals surface area contributed by atoms with Crippen LogP contribution < -0.4 is 5.73 Å². The zero-order valence-electron chi connectivity index (χ0n) is 14.4. The number of hydrogen-bond donors (Lipinski definition) is 1. The summed E-state index contributed by atoms with van der Waals surface area (Å²) in [6, 6.07) is 0. The fourth-order valence-corrected chi connectivity index (χ4v) is 3.39. The van der Waals surface area contributed by atoms with Crippen molar-refractivity contribution in [3.8, 4) is 0 Å². The lowest BCUT2D eigenvalue weighted by atomic mass is 9.78. The summed E-state index contributed by atoms with van der Waals surface area (Å²) < 4.78 is 32.9. The molecule has 0 saturated heterocycles. The van der Waals surface area contributed by atoms with Crippen molar-refractivity contribution in [2.45, 2.75) is 40.0 Å². The highest BCUT2D eigenvalue weighted by atomic mass is 32.2. The van der Waals surface area contributed by atoms with Crippen molar-refractivity contribution in [2.24, 2.45) is 23.0 Å². The van der Waals surface area contributed by atoms with Gasteiger partial charge in [-0.15, -0.1) is 0 Å². The van der Waals surface area contributed by atoms with E-state index in [1.165, 1.54) is 7.11 Å². The topological polar surface area (TPSA) is 113 Å². The number of carbonyl (C=O) groups excluding carboxylic acids is 2. The third kappa shape index (κ3) is 5.95. The normalized spacial score (nSPS) is 14.8. The standard InChI is InChI=1S/C15H27NO6S/c1-7-11(13(16)17)8-12(14(18)21-5)9-15(3,4)10(2)23(19,20)22-6/h11-12H,2,7-9H2,1,3-6H3,(H2,16,17). The Hall–Kier alpha value is -1.41. The maximum atomic E-state index is 12.0. The SMILES string of the molecule is C=C(C(C)(C)CC(CC(CC)C(N)=O)C(=O)OC)S(=O)(=O)OC. The van der Waals surface area contributed by atoms with Crippen molar-refractivity contribution in [3.05, 3.63) is 11.5 Å². The molecule has 134 valence electrons. The van der Waals surface area contributed by atoms with Gasteiger partial charge in [-0.2, -0.15) is 8.42 Å². The minimum Gasteiger partial charge on any atom is -0.469 e. The maximum absolute atomic E-state index is 12.0. The Bertz CT molecular complexity index is 552.